The van der Waals surface area contributed by atoms with Gasteiger partial charge in [0.25, 0.3) is 0 Å². The Labute approximate surface area is 221 Å². The molecule has 4 saturated carbocycles. The Bertz CT molecular complexity index is 854. The minimum Gasteiger partial charge on any atom is -0.388 e. The fourth-order valence-corrected chi connectivity index (χ4v) is 10.4. The van der Waals surface area contributed by atoms with Gasteiger partial charge in [-0.2, -0.15) is 0 Å². The molecule has 4 nitrogen and oxygen atoms in total. The van der Waals surface area contributed by atoms with Crippen molar-refractivity contribution in [3.63, 3.8) is 0 Å². The maximum Gasteiger partial charge on any atom is 0.0921 e. The first-order valence-corrected chi connectivity index (χ1v) is 15.6. The fourth-order valence-electron chi connectivity index (χ4n) is 10.4. The van der Waals surface area contributed by atoms with E-state index in [-0.39, 0.29) is 11.5 Å². The highest BCUT2D eigenvalue weighted by Gasteiger charge is 2.66. The molecule has 4 aliphatic rings. The van der Waals surface area contributed by atoms with Gasteiger partial charge in [-0.3, -0.25) is 0 Å². The van der Waals surface area contributed by atoms with Crippen LogP contribution in [0.25, 0.3) is 0 Å². The van der Waals surface area contributed by atoms with Crippen molar-refractivity contribution in [3.05, 3.63) is 18.2 Å². The van der Waals surface area contributed by atoms with Crippen molar-refractivity contribution in [1.82, 2.24) is 15.3 Å². The third-order valence-electron chi connectivity index (χ3n) is 12.4. The molecule has 4 aliphatic carbocycles. The van der Waals surface area contributed by atoms with E-state index in [0.717, 1.165) is 49.0 Å². The van der Waals surface area contributed by atoms with Crippen molar-refractivity contribution in [2.45, 2.75) is 130 Å². The van der Waals surface area contributed by atoms with Crippen molar-refractivity contribution in [2.75, 3.05) is 6.54 Å². The summed E-state index contributed by atoms with van der Waals surface area (Å²) in [5.74, 6) is 4.88. The van der Waals surface area contributed by atoms with Crippen LogP contribution in [0.15, 0.2) is 12.5 Å². The van der Waals surface area contributed by atoms with E-state index in [1.54, 1.807) is 6.33 Å². The number of nitrogens with zero attached hydrogens (tertiary/aromatic N) is 1. The summed E-state index contributed by atoms with van der Waals surface area (Å²) in [6, 6.07) is 0.219. The second kappa shape index (κ2) is 10.4. The molecular weight excluding hydrogens is 442 g/mol. The van der Waals surface area contributed by atoms with Crippen molar-refractivity contribution >= 4 is 0 Å². The normalized spacial score (nSPS) is 43.1. The first-order valence-electron chi connectivity index (χ1n) is 15.6. The highest BCUT2D eigenvalue weighted by Crippen LogP contribution is 2.69. The number of hydrogen-bond acceptors (Lipinski definition) is 3. The molecule has 1 heterocycles. The van der Waals surface area contributed by atoms with Crippen LogP contribution in [0.5, 0.6) is 0 Å². The number of nitrogens with one attached hydrogen (secondary N) is 2. The van der Waals surface area contributed by atoms with Gasteiger partial charge in [-0.1, -0.05) is 66.7 Å². The van der Waals surface area contributed by atoms with Crippen LogP contribution >= 0.6 is 0 Å². The summed E-state index contributed by atoms with van der Waals surface area (Å²) in [5.41, 5.74) is 1.18. The van der Waals surface area contributed by atoms with Gasteiger partial charge in [0.15, 0.2) is 0 Å². The van der Waals surface area contributed by atoms with Gasteiger partial charge in [-0.05, 0) is 85.9 Å². The molecule has 0 radical (unpaired) electrons. The smallest absolute Gasteiger partial charge is 0.0921 e. The molecule has 0 saturated heterocycles. The van der Waals surface area contributed by atoms with Gasteiger partial charge < -0.3 is 15.4 Å². The van der Waals surface area contributed by atoms with Crippen LogP contribution in [0, 0.1) is 46.3 Å². The maximum absolute atomic E-state index is 12.4. The Morgan fingerprint density at radius 2 is 1.86 bits per heavy atom. The van der Waals surface area contributed by atoms with Gasteiger partial charge in [0.1, 0.15) is 0 Å². The summed E-state index contributed by atoms with van der Waals surface area (Å²) in [4.78, 5) is 7.44. The Morgan fingerprint density at radius 1 is 1.06 bits per heavy atom. The summed E-state index contributed by atoms with van der Waals surface area (Å²) in [5, 5.41) is 16.3. The molecule has 9 atom stereocenters. The van der Waals surface area contributed by atoms with E-state index in [2.05, 4.69) is 49.9 Å². The summed E-state index contributed by atoms with van der Waals surface area (Å²) in [6.45, 7) is 13.4. The lowest BCUT2D eigenvalue weighted by Crippen LogP contribution is -2.70. The van der Waals surface area contributed by atoms with Gasteiger partial charge in [0.2, 0.25) is 0 Å². The molecule has 4 heteroatoms. The summed E-state index contributed by atoms with van der Waals surface area (Å²) in [7, 11) is 0. The van der Waals surface area contributed by atoms with Crippen LogP contribution in [0.2, 0.25) is 0 Å². The minimum atomic E-state index is -0.559. The molecular formula is C32H55N3O. The highest BCUT2D eigenvalue weighted by molar-refractivity contribution is 5.18. The predicted octanol–water partition coefficient (Wildman–Crippen LogP) is 7.15. The van der Waals surface area contributed by atoms with Crippen LogP contribution in [0.1, 0.15) is 117 Å². The SMILES string of the molecule is CC(C)CCC[C@@H](C)[C@H]1CC[C@H]2[C@@H]3CC(NCCc4cnc[nH]4)[C@@]4(O)CCCC[C@]4(C)[C@H]3CC[C@]12C. The Kier molecular flexibility index (Phi) is 7.69. The summed E-state index contributed by atoms with van der Waals surface area (Å²) >= 11 is 0. The maximum atomic E-state index is 12.4. The lowest BCUT2D eigenvalue weighted by atomic mass is 9.42. The zero-order valence-corrected chi connectivity index (χ0v) is 24.0. The molecule has 36 heavy (non-hydrogen) atoms. The fraction of sp³-hybridized carbons (Fsp3) is 0.906. The molecule has 1 aromatic rings. The second-order valence-corrected chi connectivity index (χ2v) is 14.5. The molecule has 0 amide bonds. The van der Waals surface area contributed by atoms with E-state index < -0.39 is 5.60 Å². The molecule has 4 fully saturated rings. The topological polar surface area (TPSA) is 60.9 Å². The van der Waals surface area contributed by atoms with Crippen molar-refractivity contribution in [3.8, 4) is 0 Å². The zero-order chi connectivity index (χ0) is 25.6. The van der Waals surface area contributed by atoms with Crippen LogP contribution < -0.4 is 5.32 Å². The van der Waals surface area contributed by atoms with Crippen LogP contribution in [-0.4, -0.2) is 33.3 Å². The number of fused-ring (bicyclic) bond motifs is 5. The summed E-state index contributed by atoms with van der Waals surface area (Å²) < 4.78 is 0. The quantitative estimate of drug-likeness (QED) is 0.339. The molecule has 5 rings (SSSR count). The largest absolute Gasteiger partial charge is 0.388 e. The van der Waals surface area contributed by atoms with Gasteiger partial charge in [-0.15, -0.1) is 0 Å². The molecule has 3 N–H and O–H groups in total. The summed E-state index contributed by atoms with van der Waals surface area (Å²) in [6.07, 6.45) is 20.3. The first-order chi connectivity index (χ1) is 17.2. The van der Waals surface area contributed by atoms with Crippen molar-refractivity contribution in [2.24, 2.45) is 46.3 Å². The zero-order valence-electron chi connectivity index (χ0n) is 24.0. The average molecular weight is 498 g/mol. The lowest BCUT2D eigenvalue weighted by molar-refractivity contribution is -0.220. The number of rotatable bonds is 9. The predicted molar refractivity (Wildman–Crippen MR) is 149 cm³/mol. The number of aromatic amines is 1. The minimum absolute atomic E-state index is 0.0577. The Morgan fingerprint density at radius 3 is 2.61 bits per heavy atom. The van der Waals surface area contributed by atoms with E-state index in [1.807, 2.05) is 6.20 Å². The highest BCUT2D eigenvalue weighted by atomic mass is 16.3. The average Bonchev–Trinajstić information content (AvgIpc) is 3.47. The Hall–Kier alpha value is -0.870. The number of hydrogen-bond donors (Lipinski definition) is 3. The second-order valence-electron chi connectivity index (χ2n) is 14.5. The molecule has 0 aliphatic heterocycles. The van der Waals surface area contributed by atoms with Crippen molar-refractivity contribution in [1.29, 1.82) is 0 Å². The number of H-pyrrole nitrogens is 1. The monoisotopic (exact) mass is 497 g/mol. The van der Waals surface area contributed by atoms with E-state index in [4.69, 9.17) is 0 Å². The van der Waals surface area contributed by atoms with Crippen molar-refractivity contribution < 1.29 is 5.11 Å². The standard InChI is InChI=1S/C32H55N3O/c1-22(2)9-8-10-23(3)26-11-12-27-25-19-29(34-18-14-24-20-33-21-35-24)32(36)16-7-6-15-31(32,5)28(25)13-17-30(26,27)4/h20-23,25-29,34,36H,6-19H2,1-5H3,(H,33,35)/t23-,25+,26-,27+,28+,29?,30-,31-,32+/m1/s1. The molecule has 0 bridgehead atoms. The van der Waals surface area contributed by atoms with E-state index >= 15 is 0 Å². The van der Waals surface area contributed by atoms with Crippen LogP contribution in [0.3, 0.4) is 0 Å². The molecule has 0 spiro atoms. The van der Waals surface area contributed by atoms with Gasteiger partial charge in [0, 0.05) is 36.3 Å². The molecule has 1 unspecified atom stereocenters. The van der Waals surface area contributed by atoms with Crippen LogP contribution in [0.4, 0.5) is 0 Å². The van der Waals surface area contributed by atoms with E-state index in [9.17, 15) is 5.11 Å². The van der Waals surface area contributed by atoms with Gasteiger partial charge >= 0.3 is 0 Å². The number of aromatic nitrogens is 2. The molecule has 1 aromatic heterocycles. The molecule has 204 valence electrons. The van der Waals surface area contributed by atoms with E-state index in [0.29, 0.717) is 11.3 Å². The Balaban J connectivity index is 1.34. The number of aliphatic hydroxyl groups is 1. The van der Waals surface area contributed by atoms with Gasteiger partial charge in [0.05, 0.1) is 11.9 Å². The molecule has 0 aromatic carbocycles. The van der Waals surface area contributed by atoms with Gasteiger partial charge in [-0.25, -0.2) is 4.98 Å². The lowest BCUT2D eigenvalue weighted by Gasteiger charge is -2.66. The third-order valence-corrected chi connectivity index (χ3v) is 12.4. The first kappa shape index (κ1) is 26.7. The van der Waals surface area contributed by atoms with Crippen LogP contribution in [-0.2, 0) is 6.42 Å². The van der Waals surface area contributed by atoms with E-state index in [1.165, 1.54) is 76.3 Å². The third kappa shape index (κ3) is 4.51. The number of imidazole rings is 1.